The Morgan fingerprint density at radius 3 is 2.26 bits per heavy atom. The van der Waals surface area contributed by atoms with Crippen LogP contribution in [-0.2, 0) is 22.3 Å². The second-order valence-electron chi connectivity index (χ2n) is 9.77. The Balaban J connectivity index is 2.11. The number of hydrogen-bond acceptors (Lipinski definition) is 5. The van der Waals surface area contributed by atoms with Crippen LogP contribution in [0.3, 0.4) is 0 Å². The molecule has 0 bridgehead atoms. The lowest BCUT2D eigenvalue weighted by molar-refractivity contribution is -0.138. The van der Waals surface area contributed by atoms with E-state index in [9.17, 15) is 32.7 Å². The highest BCUT2D eigenvalue weighted by molar-refractivity contribution is 6.05. The van der Waals surface area contributed by atoms with Crippen LogP contribution in [0.25, 0.3) is 0 Å². The van der Waals surface area contributed by atoms with Crippen molar-refractivity contribution in [2.75, 3.05) is 11.9 Å². The molecule has 39 heavy (non-hydrogen) atoms. The fourth-order valence-corrected chi connectivity index (χ4v) is 4.49. The third kappa shape index (κ3) is 8.79. The molecule has 0 fully saturated rings. The van der Waals surface area contributed by atoms with Gasteiger partial charge in [-0.05, 0) is 62.4 Å². The van der Waals surface area contributed by atoms with Crippen molar-refractivity contribution >= 4 is 23.4 Å². The largest absolute Gasteiger partial charge is 0.416 e. The molecule has 8 nitrogen and oxygen atoms in total. The normalized spacial score (nSPS) is 13.1. The van der Waals surface area contributed by atoms with E-state index in [1.807, 2.05) is 32.9 Å². The van der Waals surface area contributed by atoms with Crippen LogP contribution in [-0.4, -0.2) is 41.5 Å². The number of aliphatic hydroxyl groups excluding tert-OH is 1. The Bertz CT molecular complexity index is 1210. The average molecular weight is 551 g/mol. The van der Waals surface area contributed by atoms with Crippen molar-refractivity contribution in [3.05, 3.63) is 63.2 Å². The first-order chi connectivity index (χ1) is 18.1. The average Bonchev–Trinajstić information content (AvgIpc) is 2.80. The molecule has 214 valence electrons. The Kier molecular flexibility index (Phi) is 11.1. The summed E-state index contributed by atoms with van der Waals surface area (Å²) in [6.07, 6.45) is -5.28. The van der Waals surface area contributed by atoms with Gasteiger partial charge in [-0.3, -0.25) is 14.4 Å². The number of aryl methyl sites for hydroxylation is 2. The van der Waals surface area contributed by atoms with Gasteiger partial charge in [0.15, 0.2) is 0 Å². The van der Waals surface area contributed by atoms with Crippen molar-refractivity contribution in [1.82, 2.24) is 10.6 Å². The maximum atomic E-state index is 13.5. The minimum atomic E-state index is -4.79. The lowest BCUT2D eigenvalue weighted by Crippen LogP contribution is -2.49. The van der Waals surface area contributed by atoms with E-state index in [-0.39, 0.29) is 28.9 Å². The molecule has 0 unspecified atom stereocenters. The molecule has 0 spiro atoms. The van der Waals surface area contributed by atoms with E-state index >= 15 is 0 Å². The summed E-state index contributed by atoms with van der Waals surface area (Å²) >= 11 is 0. The quantitative estimate of drug-likeness (QED) is 0.256. The van der Waals surface area contributed by atoms with E-state index in [1.165, 1.54) is 6.92 Å². The molecule has 0 aromatic heterocycles. The number of carbonyl (C=O) groups excluding carboxylic acids is 3. The summed E-state index contributed by atoms with van der Waals surface area (Å²) in [4.78, 5) is 37.1. The van der Waals surface area contributed by atoms with Gasteiger partial charge in [0.25, 0.3) is 0 Å². The van der Waals surface area contributed by atoms with Crippen molar-refractivity contribution in [1.29, 1.82) is 0 Å². The molecule has 2 atom stereocenters. The van der Waals surface area contributed by atoms with Crippen LogP contribution in [0.4, 0.5) is 18.9 Å². The molecular weight excluding hydrogens is 513 g/mol. The minimum Gasteiger partial charge on any atom is -0.391 e. The number of alkyl halides is 3. The van der Waals surface area contributed by atoms with E-state index in [4.69, 9.17) is 5.73 Å². The number of aliphatic hydroxyl groups is 1. The number of benzene rings is 2. The molecule has 0 saturated heterocycles. The molecule has 0 saturated carbocycles. The zero-order valence-corrected chi connectivity index (χ0v) is 22.9. The molecule has 3 amide bonds. The van der Waals surface area contributed by atoms with E-state index in [0.717, 1.165) is 29.7 Å². The lowest BCUT2D eigenvalue weighted by Gasteiger charge is -2.25. The first kappa shape index (κ1) is 31.8. The predicted octanol–water partition coefficient (Wildman–Crippen LogP) is 3.80. The summed E-state index contributed by atoms with van der Waals surface area (Å²) in [5.41, 5.74) is 6.60. The molecule has 0 heterocycles. The molecule has 0 aliphatic rings. The highest BCUT2D eigenvalue weighted by atomic mass is 19.4. The lowest BCUT2D eigenvalue weighted by atomic mass is 9.95. The smallest absolute Gasteiger partial charge is 0.391 e. The molecule has 2 aromatic rings. The number of nitrogens with one attached hydrogen (secondary N) is 3. The fourth-order valence-electron chi connectivity index (χ4n) is 4.49. The zero-order valence-electron chi connectivity index (χ0n) is 22.9. The van der Waals surface area contributed by atoms with Crippen molar-refractivity contribution in [2.45, 2.75) is 78.7 Å². The summed E-state index contributed by atoms with van der Waals surface area (Å²) in [6, 6.07) is 6.07. The van der Waals surface area contributed by atoms with Gasteiger partial charge in [-0.25, -0.2) is 0 Å². The number of anilines is 1. The van der Waals surface area contributed by atoms with Crippen LogP contribution < -0.4 is 21.7 Å². The Hall–Kier alpha value is -3.44. The summed E-state index contributed by atoms with van der Waals surface area (Å²) in [5.74, 6) is -2.66. The SMILES string of the molecule is CCC[C@H](O)[C@H](CNCc1ccc(C)cc1C)NC(=O)CC(=O)Nc1cc(C(F)(F)F)c(C)c(C(N)=O)c1C. The number of primary amides is 1. The van der Waals surface area contributed by atoms with Gasteiger partial charge in [0.2, 0.25) is 17.7 Å². The van der Waals surface area contributed by atoms with Gasteiger partial charge in [0.1, 0.15) is 6.42 Å². The van der Waals surface area contributed by atoms with Crippen LogP contribution in [0.2, 0.25) is 0 Å². The standard InChI is InChI=1S/C28H37F3N4O4/c1-6-7-23(36)22(14-33-13-19-9-8-15(2)10-16(19)3)35-25(38)12-24(37)34-21-11-20(28(29,30)31)17(4)26(18(21)5)27(32)39/h8-11,22-23,33,36H,6-7,12-14H2,1-5H3,(H2,32,39)(H,34,37)(H,35,38)/t22-,23-/m0/s1. The Morgan fingerprint density at radius 1 is 1.03 bits per heavy atom. The van der Waals surface area contributed by atoms with Gasteiger partial charge in [0, 0.05) is 24.3 Å². The molecule has 11 heteroatoms. The molecule has 0 aliphatic heterocycles. The molecule has 0 radical (unpaired) electrons. The summed E-state index contributed by atoms with van der Waals surface area (Å²) in [5, 5.41) is 18.7. The van der Waals surface area contributed by atoms with Gasteiger partial charge in [0.05, 0.1) is 17.7 Å². The third-order valence-electron chi connectivity index (χ3n) is 6.57. The van der Waals surface area contributed by atoms with Gasteiger partial charge in [-0.15, -0.1) is 0 Å². The molecule has 2 rings (SSSR count). The summed E-state index contributed by atoms with van der Waals surface area (Å²) in [6.45, 7) is 9.11. The van der Waals surface area contributed by atoms with E-state index in [0.29, 0.717) is 19.4 Å². The van der Waals surface area contributed by atoms with Gasteiger partial charge in [-0.1, -0.05) is 37.1 Å². The molecule has 0 aliphatic carbocycles. The van der Waals surface area contributed by atoms with Crippen molar-refractivity contribution in [3.8, 4) is 0 Å². The number of rotatable bonds is 12. The van der Waals surface area contributed by atoms with Crippen LogP contribution >= 0.6 is 0 Å². The monoisotopic (exact) mass is 550 g/mol. The fraction of sp³-hybridized carbons (Fsp3) is 0.464. The van der Waals surface area contributed by atoms with Crippen LogP contribution in [0.15, 0.2) is 24.3 Å². The topological polar surface area (TPSA) is 134 Å². The highest BCUT2D eigenvalue weighted by Crippen LogP contribution is 2.37. The second kappa shape index (κ2) is 13.6. The van der Waals surface area contributed by atoms with Crippen molar-refractivity contribution in [3.63, 3.8) is 0 Å². The first-order valence-corrected chi connectivity index (χ1v) is 12.7. The van der Waals surface area contributed by atoms with Gasteiger partial charge < -0.3 is 26.8 Å². The second-order valence-corrected chi connectivity index (χ2v) is 9.77. The first-order valence-electron chi connectivity index (χ1n) is 12.7. The molecule has 2 aromatic carbocycles. The maximum Gasteiger partial charge on any atom is 0.416 e. The van der Waals surface area contributed by atoms with Crippen molar-refractivity contribution < 1.29 is 32.7 Å². The number of hydrogen-bond donors (Lipinski definition) is 5. The van der Waals surface area contributed by atoms with Crippen molar-refractivity contribution in [2.24, 2.45) is 5.73 Å². The maximum absolute atomic E-state index is 13.5. The van der Waals surface area contributed by atoms with E-state index in [1.54, 1.807) is 0 Å². The Labute approximate surface area is 226 Å². The van der Waals surface area contributed by atoms with Gasteiger partial charge >= 0.3 is 6.18 Å². The predicted molar refractivity (Wildman–Crippen MR) is 143 cm³/mol. The highest BCUT2D eigenvalue weighted by Gasteiger charge is 2.35. The summed E-state index contributed by atoms with van der Waals surface area (Å²) in [7, 11) is 0. The van der Waals surface area contributed by atoms with Gasteiger partial charge in [-0.2, -0.15) is 13.2 Å². The molecular formula is C28H37F3N4O4. The molecule has 6 N–H and O–H groups in total. The zero-order chi connectivity index (χ0) is 29.5. The summed E-state index contributed by atoms with van der Waals surface area (Å²) < 4.78 is 40.6. The van der Waals surface area contributed by atoms with Crippen LogP contribution in [0.1, 0.15) is 69.9 Å². The van der Waals surface area contributed by atoms with Crippen LogP contribution in [0, 0.1) is 27.7 Å². The minimum absolute atomic E-state index is 0.0635. The number of amides is 3. The van der Waals surface area contributed by atoms with E-state index in [2.05, 4.69) is 22.0 Å². The number of nitrogens with two attached hydrogens (primary N) is 1. The third-order valence-corrected chi connectivity index (χ3v) is 6.57. The Morgan fingerprint density at radius 2 is 1.69 bits per heavy atom. The van der Waals surface area contributed by atoms with E-state index < -0.39 is 48.0 Å². The number of halogens is 3. The number of carbonyl (C=O) groups is 3. The van der Waals surface area contributed by atoms with Crippen LogP contribution in [0.5, 0.6) is 0 Å².